The van der Waals surface area contributed by atoms with Crippen molar-refractivity contribution in [3.63, 3.8) is 0 Å². The van der Waals surface area contributed by atoms with Gasteiger partial charge in [0.2, 0.25) is 5.91 Å². The van der Waals surface area contributed by atoms with E-state index in [1.54, 1.807) is 0 Å². The van der Waals surface area contributed by atoms with Gasteiger partial charge in [0.1, 0.15) is 0 Å². The first-order valence-corrected chi connectivity index (χ1v) is 7.52. The third-order valence-corrected chi connectivity index (χ3v) is 4.64. The molecular formula is C15H20N2O4. The second-order valence-electron chi connectivity index (χ2n) is 6.11. The molecule has 1 aliphatic carbocycles. The van der Waals surface area contributed by atoms with E-state index in [1.807, 2.05) is 17.9 Å². The molecule has 2 fully saturated rings. The number of hydrogen-bond acceptors (Lipinski definition) is 4. The van der Waals surface area contributed by atoms with Crippen molar-refractivity contribution in [2.45, 2.75) is 45.1 Å². The van der Waals surface area contributed by atoms with Gasteiger partial charge in [0.25, 0.3) is 0 Å². The van der Waals surface area contributed by atoms with Gasteiger partial charge >= 0.3 is 5.97 Å². The molecule has 1 amide bonds. The summed E-state index contributed by atoms with van der Waals surface area (Å²) in [5, 5.41) is 13.0. The molecule has 21 heavy (non-hydrogen) atoms. The average Bonchev–Trinajstić information content (AvgIpc) is 3.17. The first-order valence-electron chi connectivity index (χ1n) is 7.52. The molecule has 1 unspecified atom stereocenters. The molecule has 1 N–H and O–H groups in total. The number of aliphatic carboxylic acids is 1. The van der Waals surface area contributed by atoms with Crippen LogP contribution in [0.25, 0.3) is 0 Å². The van der Waals surface area contributed by atoms with Crippen molar-refractivity contribution < 1.29 is 19.2 Å². The summed E-state index contributed by atoms with van der Waals surface area (Å²) in [5.41, 5.74) is 0.816. The van der Waals surface area contributed by atoms with Crippen molar-refractivity contribution in [2.24, 2.45) is 11.8 Å². The molecule has 1 saturated carbocycles. The van der Waals surface area contributed by atoms with E-state index < -0.39 is 5.97 Å². The number of hydrogen-bond donors (Lipinski definition) is 1. The van der Waals surface area contributed by atoms with Crippen LogP contribution in [0, 0.1) is 18.8 Å². The van der Waals surface area contributed by atoms with Crippen LogP contribution in [0.15, 0.2) is 10.6 Å². The van der Waals surface area contributed by atoms with Crippen LogP contribution in [-0.2, 0) is 9.59 Å². The Kier molecular flexibility index (Phi) is 3.69. The molecule has 0 spiro atoms. The number of nitrogens with zero attached hydrogens (tertiary/aromatic N) is 2. The standard InChI is InChI=1S/C15H20N2O4/c1-9-7-13(21-16-9)12-3-2-6-17(12)14(18)10-4-5-11(8-10)15(19)20/h7,10-12H,2-6,8H2,1H3,(H,19,20)/t10-,11+,12?/m1/s1. The van der Waals surface area contributed by atoms with E-state index in [0.717, 1.165) is 30.8 Å². The van der Waals surface area contributed by atoms with E-state index in [4.69, 9.17) is 9.63 Å². The summed E-state index contributed by atoms with van der Waals surface area (Å²) in [5.74, 6) is -0.487. The summed E-state index contributed by atoms with van der Waals surface area (Å²) < 4.78 is 5.31. The maximum atomic E-state index is 12.7. The predicted molar refractivity (Wildman–Crippen MR) is 73.4 cm³/mol. The van der Waals surface area contributed by atoms with Crippen LogP contribution in [0.2, 0.25) is 0 Å². The minimum atomic E-state index is -0.783. The number of carboxylic acids is 1. The Balaban J connectivity index is 1.71. The van der Waals surface area contributed by atoms with Gasteiger partial charge in [0.05, 0.1) is 17.7 Å². The fraction of sp³-hybridized carbons (Fsp3) is 0.667. The number of carbonyl (C=O) groups is 2. The van der Waals surface area contributed by atoms with E-state index in [1.165, 1.54) is 0 Å². The number of aromatic nitrogens is 1. The van der Waals surface area contributed by atoms with Crippen LogP contribution >= 0.6 is 0 Å². The zero-order valence-electron chi connectivity index (χ0n) is 12.1. The second-order valence-corrected chi connectivity index (χ2v) is 6.11. The molecule has 1 aromatic heterocycles. The molecule has 2 aliphatic rings. The van der Waals surface area contributed by atoms with Crippen LogP contribution in [0.3, 0.4) is 0 Å². The molecule has 2 heterocycles. The number of amides is 1. The smallest absolute Gasteiger partial charge is 0.306 e. The fourth-order valence-corrected chi connectivity index (χ4v) is 3.53. The van der Waals surface area contributed by atoms with Crippen molar-refractivity contribution in [3.05, 3.63) is 17.5 Å². The summed E-state index contributed by atoms with van der Waals surface area (Å²) in [6, 6.07) is 1.84. The molecule has 6 nitrogen and oxygen atoms in total. The highest BCUT2D eigenvalue weighted by atomic mass is 16.5. The molecule has 114 valence electrons. The fourth-order valence-electron chi connectivity index (χ4n) is 3.53. The molecule has 0 aromatic carbocycles. The zero-order valence-corrected chi connectivity index (χ0v) is 12.1. The SMILES string of the molecule is Cc1cc(C2CCCN2C(=O)[C@@H]2CC[C@H](C(=O)O)C2)on1. The Hall–Kier alpha value is -1.85. The summed E-state index contributed by atoms with van der Waals surface area (Å²) in [6.07, 6.45) is 3.58. The Bertz CT molecular complexity index is 554. The lowest BCUT2D eigenvalue weighted by Gasteiger charge is -2.25. The van der Waals surface area contributed by atoms with E-state index in [0.29, 0.717) is 19.3 Å². The molecule has 1 aromatic rings. The molecule has 3 rings (SSSR count). The molecule has 1 saturated heterocycles. The Morgan fingerprint density at radius 2 is 2.10 bits per heavy atom. The van der Waals surface area contributed by atoms with Gasteiger partial charge in [-0.2, -0.15) is 0 Å². The number of aryl methyl sites for hydroxylation is 1. The van der Waals surface area contributed by atoms with Gasteiger partial charge in [-0.15, -0.1) is 0 Å². The van der Waals surface area contributed by atoms with Gasteiger partial charge in [-0.1, -0.05) is 5.16 Å². The van der Waals surface area contributed by atoms with Crippen LogP contribution in [0.5, 0.6) is 0 Å². The predicted octanol–water partition coefficient (Wildman–Crippen LogP) is 2.15. The van der Waals surface area contributed by atoms with Gasteiger partial charge in [0.15, 0.2) is 5.76 Å². The first-order chi connectivity index (χ1) is 10.1. The molecular weight excluding hydrogens is 272 g/mol. The zero-order chi connectivity index (χ0) is 15.0. The number of likely N-dealkylation sites (tertiary alicyclic amines) is 1. The van der Waals surface area contributed by atoms with E-state index in [-0.39, 0.29) is 23.8 Å². The molecule has 0 bridgehead atoms. The molecule has 6 heteroatoms. The highest BCUT2D eigenvalue weighted by Crippen LogP contribution is 2.38. The Morgan fingerprint density at radius 3 is 2.71 bits per heavy atom. The number of rotatable bonds is 3. The van der Waals surface area contributed by atoms with Crippen LogP contribution < -0.4 is 0 Å². The van der Waals surface area contributed by atoms with Crippen LogP contribution in [-0.4, -0.2) is 33.6 Å². The molecule has 0 radical (unpaired) electrons. The van der Waals surface area contributed by atoms with Crippen molar-refractivity contribution in [1.29, 1.82) is 0 Å². The topological polar surface area (TPSA) is 83.6 Å². The second kappa shape index (κ2) is 5.50. The van der Waals surface area contributed by atoms with E-state index in [2.05, 4.69) is 5.16 Å². The molecule has 3 atom stereocenters. The minimum Gasteiger partial charge on any atom is -0.481 e. The quantitative estimate of drug-likeness (QED) is 0.922. The summed E-state index contributed by atoms with van der Waals surface area (Å²) in [6.45, 7) is 2.58. The minimum absolute atomic E-state index is 0.0393. The third-order valence-electron chi connectivity index (χ3n) is 4.64. The van der Waals surface area contributed by atoms with Gasteiger partial charge in [-0.05, 0) is 39.0 Å². The van der Waals surface area contributed by atoms with Crippen molar-refractivity contribution in [3.8, 4) is 0 Å². The monoisotopic (exact) mass is 292 g/mol. The van der Waals surface area contributed by atoms with Gasteiger partial charge in [-0.25, -0.2) is 0 Å². The highest BCUT2D eigenvalue weighted by molar-refractivity contribution is 5.81. The van der Waals surface area contributed by atoms with Crippen LogP contribution in [0.1, 0.15) is 49.6 Å². The summed E-state index contributed by atoms with van der Waals surface area (Å²) >= 11 is 0. The first kappa shape index (κ1) is 14.1. The largest absolute Gasteiger partial charge is 0.481 e. The van der Waals surface area contributed by atoms with Crippen molar-refractivity contribution in [2.75, 3.05) is 6.54 Å². The third kappa shape index (κ3) is 2.66. The Morgan fingerprint density at radius 1 is 1.33 bits per heavy atom. The lowest BCUT2D eigenvalue weighted by atomic mass is 10.0. The maximum Gasteiger partial charge on any atom is 0.306 e. The lowest BCUT2D eigenvalue weighted by molar-refractivity contribution is -0.141. The van der Waals surface area contributed by atoms with Crippen molar-refractivity contribution in [1.82, 2.24) is 10.1 Å². The average molecular weight is 292 g/mol. The van der Waals surface area contributed by atoms with E-state index in [9.17, 15) is 9.59 Å². The molecule has 1 aliphatic heterocycles. The highest BCUT2D eigenvalue weighted by Gasteiger charge is 2.40. The lowest BCUT2D eigenvalue weighted by Crippen LogP contribution is -2.35. The number of carboxylic acid groups (broad SMARTS) is 1. The normalized spacial score (nSPS) is 29.0. The van der Waals surface area contributed by atoms with Gasteiger partial charge in [-0.3, -0.25) is 9.59 Å². The van der Waals surface area contributed by atoms with Gasteiger partial charge < -0.3 is 14.5 Å². The summed E-state index contributed by atoms with van der Waals surface area (Å²) in [4.78, 5) is 25.6. The summed E-state index contributed by atoms with van der Waals surface area (Å²) in [7, 11) is 0. The van der Waals surface area contributed by atoms with Crippen molar-refractivity contribution >= 4 is 11.9 Å². The maximum absolute atomic E-state index is 12.7. The van der Waals surface area contributed by atoms with E-state index >= 15 is 0 Å². The number of carbonyl (C=O) groups excluding carboxylic acids is 1. The van der Waals surface area contributed by atoms with Gasteiger partial charge in [0, 0.05) is 18.5 Å². The van der Waals surface area contributed by atoms with Crippen LogP contribution in [0.4, 0.5) is 0 Å². The Labute approximate surface area is 123 Å².